The second-order valence-electron chi connectivity index (χ2n) is 8.01. The molecule has 2 aromatic rings. The lowest BCUT2D eigenvalue weighted by atomic mass is 9.95. The van der Waals surface area contributed by atoms with E-state index in [1.807, 2.05) is 6.07 Å². The Labute approximate surface area is 184 Å². The molecule has 0 saturated carbocycles. The van der Waals surface area contributed by atoms with E-state index in [4.69, 9.17) is 14.2 Å². The Morgan fingerprint density at radius 2 is 1.81 bits per heavy atom. The summed E-state index contributed by atoms with van der Waals surface area (Å²) in [5, 5.41) is 5.69. The van der Waals surface area contributed by atoms with Gasteiger partial charge in [0.1, 0.15) is 5.75 Å². The molecule has 2 aromatic carbocycles. The third kappa shape index (κ3) is 4.05. The number of ether oxygens (including phenoxy) is 3. The van der Waals surface area contributed by atoms with Gasteiger partial charge in [-0.2, -0.15) is 0 Å². The maximum absolute atomic E-state index is 12.7. The minimum Gasteiger partial charge on any atom is -0.478 e. The number of nitrogens with zero attached hydrogens (tertiary/aromatic N) is 1. The van der Waals surface area contributed by atoms with Crippen molar-refractivity contribution in [2.24, 2.45) is 5.92 Å². The number of nitrogens with one attached hydrogen (secondary N) is 2. The van der Waals surface area contributed by atoms with Gasteiger partial charge >= 0.3 is 0 Å². The predicted octanol–water partition coefficient (Wildman–Crippen LogP) is 2.38. The number of fused-ring (bicyclic) bond motifs is 2. The first-order chi connectivity index (χ1) is 15.6. The Hall–Kier alpha value is -3.75. The summed E-state index contributed by atoms with van der Waals surface area (Å²) in [6.45, 7) is 1.10. The second-order valence-corrected chi connectivity index (χ2v) is 8.01. The number of hydrogen-bond donors (Lipinski definition) is 2. The molecule has 1 saturated heterocycles. The Kier molecular flexibility index (Phi) is 5.30. The van der Waals surface area contributed by atoms with E-state index >= 15 is 0 Å². The lowest BCUT2D eigenvalue weighted by molar-refractivity contribution is -0.139. The van der Waals surface area contributed by atoms with Crippen molar-refractivity contribution in [3.63, 3.8) is 0 Å². The molecule has 1 atom stereocenters. The summed E-state index contributed by atoms with van der Waals surface area (Å²) in [7, 11) is 0. The van der Waals surface area contributed by atoms with Gasteiger partial charge in [-0.1, -0.05) is 12.1 Å². The van der Waals surface area contributed by atoms with Crippen molar-refractivity contribution in [1.82, 2.24) is 4.90 Å². The topological polar surface area (TPSA) is 106 Å². The average molecular weight is 437 g/mol. The standard InChI is InChI=1S/C23H23N3O6/c27-21(12-20-23(29)25-16-3-1-2-4-17(16)32-20)26-9-7-14(8-10-26)22(28)24-15-5-6-18-19(11-15)31-13-30-18/h1-6,11,14,20H,7-10,12-13H2,(H,24,28)(H,25,29)/t20-/m0/s1. The summed E-state index contributed by atoms with van der Waals surface area (Å²) in [4.78, 5) is 39.4. The van der Waals surface area contributed by atoms with Crippen LogP contribution in [0.5, 0.6) is 17.2 Å². The Morgan fingerprint density at radius 1 is 1.03 bits per heavy atom. The van der Waals surface area contributed by atoms with Crippen LogP contribution in [-0.4, -0.2) is 48.6 Å². The monoisotopic (exact) mass is 437 g/mol. The van der Waals surface area contributed by atoms with Crippen molar-refractivity contribution in [1.29, 1.82) is 0 Å². The van der Waals surface area contributed by atoms with Crippen LogP contribution in [0.3, 0.4) is 0 Å². The molecule has 3 aliphatic heterocycles. The molecule has 5 rings (SSSR count). The molecule has 0 radical (unpaired) electrons. The lowest BCUT2D eigenvalue weighted by Gasteiger charge is -2.33. The third-order valence-electron chi connectivity index (χ3n) is 5.93. The van der Waals surface area contributed by atoms with Gasteiger partial charge in [0.2, 0.25) is 18.6 Å². The second kappa shape index (κ2) is 8.41. The smallest absolute Gasteiger partial charge is 0.266 e. The summed E-state index contributed by atoms with van der Waals surface area (Å²) in [5.41, 5.74) is 1.26. The number of carbonyl (C=O) groups excluding carboxylic acids is 3. The molecule has 0 aliphatic carbocycles. The van der Waals surface area contributed by atoms with Crippen LogP contribution < -0.4 is 24.8 Å². The van der Waals surface area contributed by atoms with Crippen molar-refractivity contribution >= 4 is 29.1 Å². The summed E-state index contributed by atoms with van der Waals surface area (Å²) in [5.74, 6) is 1.08. The number of benzene rings is 2. The molecule has 0 spiro atoms. The molecule has 0 unspecified atom stereocenters. The summed E-state index contributed by atoms with van der Waals surface area (Å²) in [6.07, 6.45) is 0.226. The zero-order chi connectivity index (χ0) is 22.1. The highest BCUT2D eigenvalue weighted by Crippen LogP contribution is 2.34. The number of amides is 3. The third-order valence-corrected chi connectivity index (χ3v) is 5.93. The van der Waals surface area contributed by atoms with Crippen LogP contribution in [-0.2, 0) is 14.4 Å². The quantitative estimate of drug-likeness (QED) is 0.761. The van der Waals surface area contributed by atoms with Crippen molar-refractivity contribution in [3.8, 4) is 17.2 Å². The average Bonchev–Trinajstić information content (AvgIpc) is 3.27. The molecule has 3 heterocycles. The maximum Gasteiger partial charge on any atom is 0.266 e. The number of carbonyl (C=O) groups is 3. The highest BCUT2D eigenvalue weighted by atomic mass is 16.7. The van der Waals surface area contributed by atoms with E-state index < -0.39 is 6.10 Å². The molecule has 32 heavy (non-hydrogen) atoms. The summed E-state index contributed by atoms with van der Waals surface area (Å²) < 4.78 is 16.3. The van der Waals surface area contributed by atoms with Crippen molar-refractivity contribution in [3.05, 3.63) is 42.5 Å². The first-order valence-electron chi connectivity index (χ1n) is 10.6. The molecule has 9 nitrogen and oxygen atoms in total. The largest absolute Gasteiger partial charge is 0.478 e. The number of likely N-dealkylation sites (tertiary alicyclic amines) is 1. The Balaban J connectivity index is 1.12. The van der Waals surface area contributed by atoms with Gasteiger partial charge in [0, 0.05) is 30.8 Å². The van der Waals surface area contributed by atoms with Gasteiger partial charge in [0.15, 0.2) is 17.6 Å². The zero-order valence-corrected chi connectivity index (χ0v) is 17.3. The van der Waals surface area contributed by atoms with Gasteiger partial charge in [-0.25, -0.2) is 0 Å². The normalized spacial score (nSPS) is 19.6. The Bertz CT molecular complexity index is 1060. The molecule has 0 bridgehead atoms. The molecule has 1 fully saturated rings. The number of rotatable bonds is 4. The van der Waals surface area contributed by atoms with Gasteiger partial charge in [0.05, 0.1) is 12.1 Å². The van der Waals surface area contributed by atoms with E-state index in [9.17, 15) is 14.4 Å². The number of piperidine rings is 1. The number of hydrogen-bond acceptors (Lipinski definition) is 6. The van der Waals surface area contributed by atoms with Gasteiger partial charge in [-0.05, 0) is 37.1 Å². The predicted molar refractivity (Wildman–Crippen MR) is 115 cm³/mol. The molecule has 0 aromatic heterocycles. The van der Waals surface area contributed by atoms with E-state index in [2.05, 4.69) is 10.6 Å². The molecule has 9 heteroatoms. The fourth-order valence-electron chi connectivity index (χ4n) is 4.12. The molecular weight excluding hydrogens is 414 g/mol. The van der Waals surface area contributed by atoms with E-state index in [0.717, 1.165) is 0 Å². The minimum atomic E-state index is -0.857. The molecular formula is C23H23N3O6. The van der Waals surface area contributed by atoms with Crippen LogP contribution in [0.25, 0.3) is 0 Å². The lowest BCUT2D eigenvalue weighted by Crippen LogP contribution is -2.45. The maximum atomic E-state index is 12.7. The number of anilines is 2. The zero-order valence-electron chi connectivity index (χ0n) is 17.3. The number of para-hydroxylation sites is 2. The summed E-state index contributed by atoms with van der Waals surface area (Å²) in [6, 6.07) is 12.4. The van der Waals surface area contributed by atoms with Crippen LogP contribution in [0.2, 0.25) is 0 Å². The Morgan fingerprint density at radius 3 is 2.66 bits per heavy atom. The first-order valence-corrected chi connectivity index (χ1v) is 10.6. The molecule has 3 amide bonds. The van der Waals surface area contributed by atoms with Crippen LogP contribution in [0.15, 0.2) is 42.5 Å². The van der Waals surface area contributed by atoms with Crippen LogP contribution in [0, 0.1) is 5.92 Å². The van der Waals surface area contributed by atoms with E-state index in [1.54, 1.807) is 41.3 Å². The fraction of sp³-hybridized carbons (Fsp3) is 0.348. The van der Waals surface area contributed by atoms with E-state index in [-0.39, 0.29) is 36.9 Å². The van der Waals surface area contributed by atoms with Crippen LogP contribution in [0.4, 0.5) is 11.4 Å². The molecule has 2 N–H and O–H groups in total. The van der Waals surface area contributed by atoms with E-state index in [1.165, 1.54) is 0 Å². The first kappa shape index (κ1) is 20.2. The van der Waals surface area contributed by atoms with Crippen molar-refractivity contribution < 1.29 is 28.6 Å². The van der Waals surface area contributed by atoms with Crippen LogP contribution in [0.1, 0.15) is 19.3 Å². The van der Waals surface area contributed by atoms with E-state index in [0.29, 0.717) is 54.6 Å². The highest BCUT2D eigenvalue weighted by molar-refractivity contribution is 6.00. The van der Waals surface area contributed by atoms with Gasteiger partial charge in [-0.3, -0.25) is 14.4 Å². The molecule has 3 aliphatic rings. The van der Waals surface area contributed by atoms with Crippen molar-refractivity contribution in [2.45, 2.75) is 25.4 Å². The summed E-state index contributed by atoms with van der Waals surface area (Å²) >= 11 is 0. The fourth-order valence-corrected chi connectivity index (χ4v) is 4.12. The van der Waals surface area contributed by atoms with Gasteiger partial charge in [0.25, 0.3) is 5.91 Å². The van der Waals surface area contributed by atoms with Gasteiger partial charge in [-0.15, -0.1) is 0 Å². The minimum absolute atomic E-state index is 0.0335. The van der Waals surface area contributed by atoms with Crippen molar-refractivity contribution in [2.75, 3.05) is 30.5 Å². The molecule has 166 valence electrons. The van der Waals surface area contributed by atoms with Crippen LogP contribution >= 0.6 is 0 Å². The highest BCUT2D eigenvalue weighted by Gasteiger charge is 2.33. The van der Waals surface area contributed by atoms with Gasteiger partial charge < -0.3 is 29.7 Å². The SMILES string of the molecule is O=C(Nc1ccc2c(c1)OCO2)C1CCN(C(=O)C[C@@H]2Oc3ccccc3NC2=O)CC1.